The summed E-state index contributed by atoms with van der Waals surface area (Å²) in [4.78, 5) is 10.2. The van der Waals surface area contributed by atoms with Crippen LogP contribution in [0.3, 0.4) is 0 Å². The van der Waals surface area contributed by atoms with Crippen LogP contribution >= 0.6 is 0 Å². The summed E-state index contributed by atoms with van der Waals surface area (Å²) >= 11 is 0. The first kappa shape index (κ1) is 11.2. The number of rotatable bonds is 3. The maximum Gasteiger partial charge on any atom is 0.271 e. The highest BCUT2D eigenvalue weighted by atomic mass is 16.6. The molecule has 1 heterocycles. The minimum absolute atomic E-state index is 0.0232. The first-order valence-corrected chi connectivity index (χ1v) is 4.89. The Bertz CT molecular complexity index is 564. The molecule has 0 aliphatic carbocycles. The Morgan fingerprint density at radius 1 is 1.53 bits per heavy atom. The minimum Gasteiger partial charge on any atom is -0.390 e. The van der Waals surface area contributed by atoms with Gasteiger partial charge in [0.25, 0.3) is 5.69 Å². The molecule has 0 aliphatic heterocycles. The number of non-ortho nitro benzene ring substituents is 1. The van der Waals surface area contributed by atoms with Gasteiger partial charge in [-0.05, 0) is 12.5 Å². The van der Waals surface area contributed by atoms with Crippen LogP contribution in [0.5, 0.6) is 0 Å². The number of aromatic nitrogens is 3. The zero-order valence-electron chi connectivity index (χ0n) is 9.07. The third-order valence-corrected chi connectivity index (χ3v) is 2.41. The molecular formula is C10H10N4O3. The van der Waals surface area contributed by atoms with E-state index in [1.807, 2.05) is 6.92 Å². The number of hydrogen-bond acceptors (Lipinski definition) is 5. The zero-order chi connectivity index (χ0) is 12.4. The fourth-order valence-corrected chi connectivity index (χ4v) is 1.51. The van der Waals surface area contributed by atoms with E-state index in [0.717, 1.165) is 5.56 Å². The molecule has 88 valence electrons. The number of aryl methyl sites for hydroxylation is 1. The number of aliphatic hydroxyl groups is 1. The maximum atomic E-state index is 10.7. The largest absolute Gasteiger partial charge is 0.390 e. The van der Waals surface area contributed by atoms with E-state index in [-0.39, 0.29) is 12.3 Å². The van der Waals surface area contributed by atoms with Gasteiger partial charge in [0.05, 0.1) is 29.1 Å². The molecule has 2 rings (SSSR count). The summed E-state index contributed by atoms with van der Waals surface area (Å²) in [5.41, 5.74) is 1.81. The molecule has 0 saturated heterocycles. The van der Waals surface area contributed by atoms with Crippen molar-refractivity contribution in [2.75, 3.05) is 0 Å². The average molecular weight is 234 g/mol. The lowest BCUT2D eigenvalue weighted by molar-refractivity contribution is -0.384. The fourth-order valence-electron chi connectivity index (χ4n) is 1.51. The Balaban J connectivity index is 2.58. The van der Waals surface area contributed by atoms with Crippen molar-refractivity contribution >= 4 is 5.69 Å². The highest BCUT2D eigenvalue weighted by Gasteiger charge is 2.13. The van der Waals surface area contributed by atoms with Gasteiger partial charge >= 0.3 is 0 Å². The maximum absolute atomic E-state index is 10.7. The first-order valence-electron chi connectivity index (χ1n) is 4.89. The predicted octanol–water partition coefficient (Wildman–Crippen LogP) is 0.976. The van der Waals surface area contributed by atoms with Gasteiger partial charge in [-0.3, -0.25) is 10.1 Å². The molecule has 0 fully saturated rings. The smallest absolute Gasteiger partial charge is 0.271 e. The second kappa shape index (κ2) is 4.30. The van der Waals surface area contributed by atoms with Crippen LogP contribution in [-0.4, -0.2) is 25.0 Å². The molecule has 0 radical (unpaired) electrons. The molecule has 0 amide bonds. The van der Waals surface area contributed by atoms with Crippen LogP contribution in [0.2, 0.25) is 0 Å². The minimum atomic E-state index is -0.474. The Labute approximate surface area is 96.5 Å². The highest BCUT2D eigenvalue weighted by molar-refractivity contribution is 5.48. The zero-order valence-corrected chi connectivity index (χ0v) is 9.07. The molecule has 0 bridgehead atoms. The second-order valence-corrected chi connectivity index (χ2v) is 3.52. The van der Waals surface area contributed by atoms with E-state index in [2.05, 4.69) is 10.3 Å². The predicted molar refractivity (Wildman–Crippen MR) is 58.7 cm³/mol. The molecule has 2 aromatic rings. The van der Waals surface area contributed by atoms with Crippen molar-refractivity contribution in [2.45, 2.75) is 13.5 Å². The Morgan fingerprint density at radius 3 is 2.94 bits per heavy atom. The molecule has 0 atom stereocenters. The molecule has 1 aromatic heterocycles. The number of benzene rings is 1. The van der Waals surface area contributed by atoms with E-state index >= 15 is 0 Å². The van der Waals surface area contributed by atoms with Gasteiger partial charge in [-0.25, -0.2) is 4.68 Å². The van der Waals surface area contributed by atoms with Crippen molar-refractivity contribution in [3.05, 3.63) is 45.8 Å². The first-order chi connectivity index (χ1) is 8.13. The molecule has 7 heteroatoms. The lowest BCUT2D eigenvalue weighted by Gasteiger charge is -2.07. The van der Waals surface area contributed by atoms with Gasteiger partial charge in [-0.1, -0.05) is 11.3 Å². The van der Waals surface area contributed by atoms with Crippen LogP contribution in [0.15, 0.2) is 24.4 Å². The van der Waals surface area contributed by atoms with Gasteiger partial charge in [0.15, 0.2) is 0 Å². The number of aliphatic hydroxyl groups excluding tert-OH is 1. The van der Waals surface area contributed by atoms with Gasteiger partial charge < -0.3 is 5.11 Å². The summed E-state index contributed by atoms with van der Waals surface area (Å²) in [6, 6.07) is 4.47. The number of nitro groups is 1. The van der Waals surface area contributed by atoms with E-state index in [4.69, 9.17) is 5.11 Å². The molecule has 1 N–H and O–H groups in total. The molecule has 1 aromatic carbocycles. The van der Waals surface area contributed by atoms with Gasteiger partial charge in [0.1, 0.15) is 0 Å². The number of hydrogen-bond donors (Lipinski definition) is 1. The van der Waals surface area contributed by atoms with Crippen LogP contribution in [-0.2, 0) is 6.61 Å². The van der Waals surface area contributed by atoms with Crippen LogP contribution in [0.4, 0.5) is 5.69 Å². The SMILES string of the molecule is Cc1ccc([N+](=O)[O-])cc1-n1nncc1CO. The van der Waals surface area contributed by atoms with E-state index in [9.17, 15) is 10.1 Å². The Kier molecular flexibility index (Phi) is 2.84. The van der Waals surface area contributed by atoms with Crippen LogP contribution in [0, 0.1) is 17.0 Å². The van der Waals surface area contributed by atoms with E-state index in [1.165, 1.54) is 23.0 Å². The molecule has 7 nitrogen and oxygen atoms in total. The lowest BCUT2D eigenvalue weighted by Crippen LogP contribution is -2.05. The van der Waals surface area contributed by atoms with Crippen molar-refractivity contribution in [3.63, 3.8) is 0 Å². The Morgan fingerprint density at radius 2 is 2.29 bits per heavy atom. The van der Waals surface area contributed by atoms with Crippen LogP contribution < -0.4 is 0 Å². The quantitative estimate of drug-likeness (QED) is 0.631. The average Bonchev–Trinajstić information content (AvgIpc) is 2.77. The van der Waals surface area contributed by atoms with Crippen LogP contribution in [0.25, 0.3) is 5.69 Å². The third-order valence-electron chi connectivity index (χ3n) is 2.41. The molecule has 0 spiro atoms. The molecule has 17 heavy (non-hydrogen) atoms. The van der Waals surface area contributed by atoms with Crippen molar-refractivity contribution in [2.24, 2.45) is 0 Å². The van der Waals surface area contributed by atoms with E-state index in [0.29, 0.717) is 11.4 Å². The summed E-state index contributed by atoms with van der Waals surface area (Å²) in [5.74, 6) is 0. The normalized spacial score (nSPS) is 10.5. The molecule has 0 saturated carbocycles. The van der Waals surface area contributed by atoms with Crippen molar-refractivity contribution in [1.82, 2.24) is 15.0 Å². The van der Waals surface area contributed by atoms with Crippen LogP contribution in [0.1, 0.15) is 11.3 Å². The van der Waals surface area contributed by atoms with Gasteiger partial charge in [0, 0.05) is 12.1 Å². The summed E-state index contributed by atoms with van der Waals surface area (Å²) in [6.07, 6.45) is 1.41. The van der Waals surface area contributed by atoms with Crippen molar-refractivity contribution < 1.29 is 10.0 Å². The molecule has 0 unspecified atom stereocenters. The van der Waals surface area contributed by atoms with Crippen molar-refractivity contribution in [3.8, 4) is 5.69 Å². The highest BCUT2D eigenvalue weighted by Crippen LogP contribution is 2.21. The number of nitro benzene ring substituents is 1. The van der Waals surface area contributed by atoms with Gasteiger partial charge in [-0.15, -0.1) is 5.10 Å². The molecule has 0 aliphatic rings. The van der Waals surface area contributed by atoms with E-state index < -0.39 is 4.92 Å². The van der Waals surface area contributed by atoms with Gasteiger partial charge in [-0.2, -0.15) is 0 Å². The number of nitrogens with zero attached hydrogens (tertiary/aromatic N) is 4. The summed E-state index contributed by atoms with van der Waals surface area (Å²) in [5, 5.41) is 27.3. The second-order valence-electron chi connectivity index (χ2n) is 3.52. The van der Waals surface area contributed by atoms with Gasteiger partial charge in [0.2, 0.25) is 0 Å². The summed E-state index contributed by atoms with van der Waals surface area (Å²) in [6.45, 7) is 1.58. The lowest BCUT2D eigenvalue weighted by atomic mass is 10.2. The standard InChI is InChI=1S/C10H10N4O3/c1-7-2-3-8(14(16)17)4-10(7)13-9(6-15)5-11-12-13/h2-5,15H,6H2,1H3. The summed E-state index contributed by atoms with van der Waals surface area (Å²) < 4.78 is 1.39. The Hall–Kier alpha value is -2.28. The fraction of sp³-hybridized carbons (Fsp3) is 0.200. The molecular weight excluding hydrogens is 224 g/mol. The monoisotopic (exact) mass is 234 g/mol. The van der Waals surface area contributed by atoms with E-state index in [1.54, 1.807) is 6.07 Å². The third kappa shape index (κ3) is 2.00. The van der Waals surface area contributed by atoms with Crippen molar-refractivity contribution in [1.29, 1.82) is 0 Å². The topological polar surface area (TPSA) is 94.1 Å². The summed E-state index contributed by atoms with van der Waals surface area (Å²) in [7, 11) is 0.